The summed E-state index contributed by atoms with van der Waals surface area (Å²) in [5.41, 5.74) is 2.43. The Hall–Kier alpha value is -5.49. The van der Waals surface area contributed by atoms with Gasteiger partial charge in [0.05, 0.1) is 60.6 Å². The van der Waals surface area contributed by atoms with Crippen molar-refractivity contribution in [1.29, 1.82) is 0 Å². The summed E-state index contributed by atoms with van der Waals surface area (Å²) in [5, 5.41) is 4.73. The lowest BCUT2D eigenvalue weighted by atomic mass is 10.1. The molecule has 0 saturated carbocycles. The van der Waals surface area contributed by atoms with E-state index in [1.54, 1.807) is 18.2 Å². The molecule has 1 aliphatic heterocycles. The molecule has 6 rings (SSSR count). The van der Waals surface area contributed by atoms with Crippen LogP contribution in [0.4, 0.5) is 15.8 Å². The van der Waals surface area contributed by atoms with E-state index in [1.807, 2.05) is 29.2 Å². The van der Waals surface area contributed by atoms with Crippen LogP contribution in [-0.4, -0.2) is 82.6 Å². The first-order valence-corrected chi connectivity index (χ1v) is 21.6. The second-order valence-corrected chi connectivity index (χ2v) is 17.5. The highest BCUT2D eigenvalue weighted by molar-refractivity contribution is 7.93. The molecule has 14 nitrogen and oxygen atoms in total. The highest BCUT2D eigenvalue weighted by atomic mass is 35.5. The zero-order chi connectivity index (χ0) is 41.5. The van der Waals surface area contributed by atoms with Crippen LogP contribution in [0, 0.1) is 5.82 Å². The summed E-state index contributed by atoms with van der Waals surface area (Å²) in [4.78, 5) is 27.3. The van der Waals surface area contributed by atoms with Gasteiger partial charge in [0.1, 0.15) is 22.6 Å². The quantitative estimate of drug-likeness (QED) is 0.0732. The van der Waals surface area contributed by atoms with Crippen molar-refractivity contribution in [2.75, 3.05) is 42.5 Å². The molecule has 18 heteroatoms. The van der Waals surface area contributed by atoms with Crippen LogP contribution in [0.5, 0.6) is 5.75 Å². The minimum Gasteiger partial charge on any atom is -0.488 e. The van der Waals surface area contributed by atoms with Crippen molar-refractivity contribution >= 4 is 55.0 Å². The number of benzene rings is 4. The van der Waals surface area contributed by atoms with Crippen molar-refractivity contribution < 1.29 is 45.0 Å². The number of anilines is 2. The molecule has 1 aromatic heterocycles. The number of ether oxygens (including phenoxy) is 3. The first-order valence-electron chi connectivity index (χ1n) is 18.1. The van der Waals surface area contributed by atoms with Crippen molar-refractivity contribution in [2.24, 2.45) is 0 Å². The van der Waals surface area contributed by atoms with Crippen molar-refractivity contribution in [3.05, 3.63) is 130 Å². The summed E-state index contributed by atoms with van der Waals surface area (Å²) in [6.07, 6.45) is 4.91. The zero-order valence-corrected chi connectivity index (χ0v) is 33.9. The largest absolute Gasteiger partial charge is 0.488 e. The molecule has 1 aliphatic rings. The number of rotatable bonds is 18. The van der Waals surface area contributed by atoms with Crippen LogP contribution in [0.3, 0.4) is 0 Å². The van der Waals surface area contributed by atoms with Crippen LogP contribution >= 0.6 is 11.6 Å². The van der Waals surface area contributed by atoms with E-state index in [0.717, 1.165) is 30.2 Å². The molecular formula is C40H41ClFN5O9S2. The summed E-state index contributed by atoms with van der Waals surface area (Å²) < 4.78 is 87.9. The van der Waals surface area contributed by atoms with Crippen molar-refractivity contribution in [3.63, 3.8) is 0 Å². The SMILES string of the molecule is COC(=O)c1cc(CN2CC(Oc3ccc(NS(=O)(=O)c4cnn(-c5ccc(F)cc5)c4)c(C(=O)OC)c3)C2)ccc1NS(=O)(=O)CCCCCc1ccc(Cl)cc1. The van der Waals surface area contributed by atoms with Gasteiger partial charge in [-0.05, 0) is 97.1 Å². The Morgan fingerprint density at radius 1 is 0.810 bits per heavy atom. The topological polar surface area (TPSA) is 175 Å². The lowest BCUT2D eigenvalue weighted by molar-refractivity contribution is 0.0144. The third-order valence-corrected chi connectivity index (χ3v) is 12.2. The van der Waals surface area contributed by atoms with Crippen molar-refractivity contribution in [2.45, 2.75) is 43.2 Å². The smallest absolute Gasteiger partial charge is 0.340 e. The average Bonchev–Trinajstić information content (AvgIpc) is 3.70. The molecule has 0 amide bonds. The number of aryl methyl sites for hydroxylation is 1. The molecule has 0 bridgehead atoms. The maximum Gasteiger partial charge on any atom is 0.340 e. The fraction of sp³-hybridized carbons (Fsp3) is 0.275. The molecule has 2 heterocycles. The Labute approximate surface area is 341 Å². The molecule has 2 N–H and O–H groups in total. The minimum atomic E-state index is -4.21. The second-order valence-electron chi connectivity index (χ2n) is 13.6. The number of carbonyl (C=O) groups is 2. The van der Waals surface area contributed by atoms with E-state index in [-0.39, 0.29) is 39.3 Å². The molecule has 0 spiro atoms. The van der Waals surface area contributed by atoms with E-state index < -0.39 is 37.8 Å². The Balaban J connectivity index is 1.03. The van der Waals surface area contributed by atoms with Crippen molar-refractivity contribution in [3.8, 4) is 11.4 Å². The summed E-state index contributed by atoms with van der Waals surface area (Å²) in [7, 11) is -5.55. The number of halogens is 2. The number of sulfonamides is 2. The summed E-state index contributed by atoms with van der Waals surface area (Å²) in [5.74, 6) is -1.72. The molecule has 306 valence electrons. The number of likely N-dealkylation sites (tertiary alicyclic amines) is 1. The number of nitrogens with one attached hydrogen (secondary N) is 2. The van der Waals surface area contributed by atoms with Crippen LogP contribution in [0.25, 0.3) is 5.69 Å². The first-order chi connectivity index (χ1) is 27.7. The number of methoxy groups -OCH3 is 2. The third kappa shape index (κ3) is 10.9. The van der Waals surface area contributed by atoms with Gasteiger partial charge in [-0.3, -0.25) is 14.3 Å². The number of nitrogens with zero attached hydrogens (tertiary/aromatic N) is 3. The number of aromatic nitrogens is 2. The molecule has 0 radical (unpaired) electrons. The van der Waals surface area contributed by atoms with E-state index >= 15 is 0 Å². The molecule has 0 atom stereocenters. The van der Waals surface area contributed by atoms with Gasteiger partial charge in [-0.1, -0.05) is 36.2 Å². The van der Waals surface area contributed by atoms with Crippen LogP contribution in [-0.2, 0) is 42.5 Å². The molecule has 0 aliphatic carbocycles. The number of hydrogen-bond acceptors (Lipinski definition) is 11. The van der Waals surface area contributed by atoms with Gasteiger partial charge in [0, 0.05) is 24.7 Å². The fourth-order valence-electron chi connectivity index (χ4n) is 6.25. The second kappa shape index (κ2) is 18.4. The van der Waals surface area contributed by atoms with E-state index in [4.69, 9.17) is 25.8 Å². The van der Waals surface area contributed by atoms with Gasteiger partial charge in [-0.15, -0.1) is 0 Å². The summed E-state index contributed by atoms with van der Waals surface area (Å²) >= 11 is 5.94. The zero-order valence-electron chi connectivity index (χ0n) is 31.6. The monoisotopic (exact) mass is 853 g/mol. The third-order valence-electron chi connectivity index (χ3n) is 9.28. The maximum absolute atomic E-state index is 13.3. The van der Waals surface area contributed by atoms with Gasteiger partial charge < -0.3 is 14.2 Å². The Bertz CT molecular complexity index is 2480. The fourth-order valence-corrected chi connectivity index (χ4v) is 8.59. The molecule has 5 aromatic rings. The number of carbonyl (C=O) groups excluding carboxylic acids is 2. The number of hydrogen-bond donors (Lipinski definition) is 2. The number of esters is 2. The maximum atomic E-state index is 13.3. The van der Waals surface area contributed by atoms with E-state index in [0.29, 0.717) is 48.9 Å². The molecule has 1 fully saturated rings. The Kier molecular flexibility index (Phi) is 13.4. The van der Waals surface area contributed by atoms with Crippen LogP contribution in [0.1, 0.15) is 51.1 Å². The lowest BCUT2D eigenvalue weighted by Gasteiger charge is -2.39. The van der Waals surface area contributed by atoms with E-state index in [2.05, 4.69) is 14.5 Å². The standard InChI is InChI=1S/C40H41ClFN5O9S2/c1-54-39(48)35-20-28(9-17-37(35)44-57(50,51)19-5-3-4-6-27-7-10-29(41)11-8-27)23-46-24-33(25-46)56-32-16-18-38(36(21-32)40(49)55-2)45-58(52,53)34-22-43-47(26-34)31-14-12-30(42)13-15-31/h7-18,20-22,26,33,44-45H,3-6,19,23-25H2,1-2H3. The Morgan fingerprint density at radius 2 is 1.45 bits per heavy atom. The average molecular weight is 854 g/mol. The van der Waals surface area contributed by atoms with Crippen LogP contribution in [0.2, 0.25) is 5.02 Å². The van der Waals surface area contributed by atoms with Gasteiger partial charge in [-0.25, -0.2) is 35.5 Å². The lowest BCUT2D eigenvalue weighted by Crippen LogP contribution is -2.53. The minimum absolute atomic E-state index is 0.0404. The van der Waals surface area contributed by atoms with Crippen LogP contribution in [0.15, 0.2) is 102 Å². The molecule has 1 saturated heterocycles. The predicted octanol–water partition coefficient (Wildman–Crippen LogP) is 6.46. The Morgan fingerprint density at radius 3 is 2.14 bits per heavy atom. The summed E-state index contributed by atoms with van der Waals surface area (Å²) in [6.45, 7) is 1.40. The van der Waals surface area contributed by atoms with Crippen LogP contribution < -0.4 is 14.2 Å². The highest BCUT2D eigenvalue weighted by Gasteiger charge is 2.30. The van der Waals surface area contributed by atoms with Gasteiger partial charge in [-0.2, -0.15) is 5.10 Å². The molecular weight excluding hydrogens is 813 g/mol. The van der Waals surface area contributed by atoms with Crippen molar-refractivity contribution in [1.82, 2.24) is 14.7 Å². The normalized spacial score (nSPS) is 13.4. The highest BCUT2D eigenvalue weighted by Crippen LogP contribution is 2.29. The molecule has 4 aromatic carbocycles. The summed E-state index contributed by atoms with van der Waals surface area (Å²) in [6, 6.07) is 22.1. The molecule has 0 unspecified atom stereocenters. The number of unbranched alkanes of at least 4 members (excludes halogenated alkanes) is 2. The van der Waals surface area contributed by atoms with Gasteiger partial charge in [0.25, 0.3) is 10.0 Å². The van der Waals surface area contributed by atoms with Gasteiger partial charge >= 0.3 is 11.9 Å². The van der Waals surface area contributed by atoms with E-state index in [9.17, 15) is 30.8 Å². The van der Waals surface area contributed by atoms with E-state index in [1.165, 1.54) is 67.6 Å². The van der Waals surface area contributed by atoms with Gasteiger partial charge in [0.2, 0.25) is 10.0 Å². The molecule has 58 heavy (non-hydrogen) atoms. The van der Waals surface area contributed by atoms with Gasteiger partial charge in [0.15, 0.2) is 0 Å². The predicted molar refractivity (Wildman–Crippen MR) is 216 cm³/mol. The first kappa shape index (κ1) is 42.1.